The van der Waals surface area contributed by atoms with Gasteiger partial charge in [0, 0.05) is 17.3 Å². The zero-order valence-corrected chi connectivity index (χ0v) is 10.5. The van der Waals surface area contributed by atoms with Crippen LogP contribution in [0.1, 0.15) is 6.92 Å². The highest BCUT2D eigenvalue weighted by Crippen LogP contribution is 2.23. The number of anilines is 1. The van der Waals surface area contributed by atoms with Crippen molar-refractivity contribution in [1.29, 1.82) is 0 Å². The molecule has 0 aliphatic carbocycles. The lowest BCUT2D eigenvalue weighted by molar-refractivity contribution is -0.422. The molecule has 0 amide bonds. The summed E-state index contributed by atoms with van der Waals surface area (Å²) in [6.07, 6.45) is 1.63. The van der Waals surface area contributed by atoms with Crippen molar-refractivity contribution in [3.63, 3.8) is 0 Å². The molecule has 1 heterocycles. The summed E-state index contributed by atoms with van der Waals surface area (Å²) < 4.78 is 0. The predicted octanol–water partition coefficient (Wildman–Crippen LogP) is 2.24. The van der Waals surface area contributed by atoms with E-state index in [-0.39, 0.29) is 5.70 Å². The van der Waals surface area contributed by atoms with Gasteiger partial charge in [-0.1, -0.05) is 6.07 Å². The summed E-state index contributed by atoms with van der Waals surface area (Å²) in [7, 11) is 0. The predicted molar refractivity (Wildman–Crippen MR) is 72.7 cm³/mol. The van der Waals surface area contributed by atoms with Gasteiger partial charge >= 0.3 is 11.7 Å². The summed E-state index contributed by atoms with van der Waals surface area (Å²) in [5.41, 5.74) is 0.349. The molecular weight excluding hydrogens is 262 g/mol. The van der Waals surface area contributed by atoms with Crippen LogP contribution in [0.4, 0.5) is 5.69 Å². The average Bonchev–Trinajstić information content (AvgIpc) is 2.38. The number of rotatable bonds is 4. The highest BCUT2D eigenvalue weighted by atomic mass is 16.6. The van der Waals surface area contributed by atoms with Crippen LogP contribution in [0.2, 0.25) is 0 Å². The van der Waals surface area contributed by atoms with Gasteiger partial charge in [0.15, 0.2) is 0 Å². The van der Waals surface area contributed by atoms with E-state index in [9.17, 15) is 14.9 Å². The molecule has 2 rings (SSSR count). The highest BCUT2D eigenvalue weighted by Gasteiger charge is 2.25. The van der Waals surface area contributed by atoms with E-state index < -0.39 is 16.6 Å². The first kappa shape index (κ1) is 13.5. The van der Waals surface area contributed by atoms with Crippen molar-refractivity contribution >= 4 is 22.6 Å². The molecule has 0 atom stereocenters. The Bertz CT molecular complexity index is 703. The molecular formula is C13H11N3O4. The monoisotopic (exact) mass is 273 g/mol. The number of nitrogens with zero attached hydrogens (tertiary/aromatic N) is 2. The molecule has 0 saturated heterocycles. The second-order valence-corrected chi connectivity index (χ2v) is 4.04. The molecule has 0 unspecified atom stereocenters. The SMILES string of the molecule is C/C(Nc1cccc2ncccc12)=C(/C(=O)O)[N+](=O)[O-]. The summed E-state index contributed by atoms with van der Waals surface area (Å²) in [6.45, 7) is 1.35. The van der Waals surface area contributed by atoms with Crippen molar-refractivity contribution in [3.05, 3.63) is 58.0 Å². The molecule has 0 radical (unpaired) electrons. The number of hydrogen-bond donors (Lipinski definition) is 2. The number of aromatic nitrogens is 1. The number of carbonyl (C=O) groups is 1. The molecule has 7 nitrogen and oxygen atoms in total. The van der Waals surface area contributed by atoms with Gasteiger partial charge in [0.25, 0.3) is 0 Å². The minimum atomic E-state index is -1.58. The van der Waals surface area contributed by atoms with E-state index >= 15 is 0 Å². The minimum absolute atomic E-state index is 0.0427. The fourth-order valence-electron chi connectivity index (χ4n) is 1.85. The maximum absolute atomic E-state index is 10.9. The average molecular weight is 273 g/mol. The molecule has 0 bridgehead atoms. The van der Waals surface area contributed by atoms with Crippen LogP contribution < -0.4 is 5.32 Å². The summed E-state index contributed by atoms with van der Waals surface area (Å²) in [5, 5.41) is 23.1. The number of nitrogens with one attached hydrogen (secondary N) is 1. The van der Waals surface area contributed by atoms with Crippen molar-refractivity contribution in [2.75, 3.05) is 5.32 Å². The molecule has 0 aliphatic heterocycles. The Morgan fingerprint density at radius 1 is 1.35 bits per heavy atom. The molecule has 0 fully saturated rings. The summed E-state index contributed by atoms with van der Waals surface area (Å²) in [5.74, 6) is -1.58. The number of allylic oxidation sites excluding steroid dienone is 1. The number of hydrogen-bond acceptors (Lipinski definition) is 5. The van der Waals surface area contributed by atoms with Gasteiger partial charge in [-0.15, -0.1) is 0 Å². The van der Waals surface area contributed by atoms with Crippen molar-refractivity contribution in [3.8, 4) is 0 Å². The Morgan fingerprint density at radius 2 is 2.10 bits per heavy atom. The van der Waals surface area contributed by atoms with Crippen LogP contribution in [-0.4, -0.2) is 21.0 Å². The fourth-order valence-corrected chi connectivity index (χ4v) is 1.85. The third-order valence-corrected chi connectivity index (χ3v) is 2.71. The molecule has 0 aliphatic rings. The molecule has 1 aromatic heterocycles. The Labute approximate surface area is 113 Å². The van der Waals surface area contributed by atoms with Crippen LogP contribution in [-0.2, 0) is 4.79 Å². The van der Waals surface area contributed by atoms with Gasteiger partial charge in [0.1, 0.15) is 0 Å². The van der Waals surface area contributed by atoms with E-state index in [4.69, 9.17) is 5.11 Å². The molecule has 2 aromatic rings. The number of aliphatic carboxylic acids is 1. The number of carboxylic acid groups (broad SMARTS) is 1. The number of benzene rings is 1. The lowest BCUT2D eigenvalue weighted by atomic mass is 10.1. The van der Waals surface area contributed by atoms with Crippen LogP contribution in [0, 0.1) is 10.1 Å². The second-order valence-electron chi connectivity index (χ2n) is 4.04. The molecule has 0 saturated carbocycles. The van der Waals surface area contributed by atoms with Crippen LogP contribution >= 0.6 is 0 Å². The largest absolute Gasteiger partial charge is 0.473 e. The Balaban J connectivity index is 2.49. The summed E-state index contributed by atoms with van der Waals surface area (Å²) >= 11 is 0. The molecule has 1 aromatic carbocycles. The van der Waals surface area contributed by atoms with E-state index in [2.05, 4.69) is 10.3 Å². The maximum atomic E-state index is 10.9. The quantitative estimate of drug-likeness (QED) is 0.502. The van der Waals surface area contributed by atoms with Crippen molar-refractivity contribution < 1.29 is 14.8 Å². The molecule has 0 spiro atoms. The molecule has 102 valence electrons. The molecule has 7 heteroatoms. The van der Waals surface area contributed by atoms with Crippen LogP contribution in [0.15, 0.2) is 47.9 Å². The van der Waals surface area contributed by atoms with Gasteiger partial charge in [-0.2, -0.15) is 0 Å². The topological polar surface area (TPSA) is 105 Å². The zero-order valence-electron chi connectivity index (χ0n) is 10.5. The van der Waals surface area contributed by atoms with Gasteiger partial charge in [-0.25, -0.2) is 4.79 Å². The number of fused-ring (bicyclic) bond motifs is 1. The van der Waals surface area contributed by atoms with E-state index in [1.54, 1.807) is 36.5 Å². The number of pyridine rings is 1. The standard InChI is InChI=1S/C13H11N3O4/c1-8(12(13(17)18)16(19)20)15-11-6-2-5-10-9(11)4-3-7-14-10/h2-7,15H,1H3,(H,17,18)/b12-8+. The third-order valence-electron chi connectivity index (χ3n) is 2.71. The Kier molecular flexibility index (Phi) is 3.60. The van der Waals surface area contributed by atoms with E-state index in [1.807, 2.05) is 0 Å². The zero-order chi connectivity index (χ0) is 14.7. The maximum Gasteiger partial charge on any atom is 0.409 e. The van der Waals surface area contributed by atoms with Crippen molar-refractivity contribution in [2.45, 2.75) is 6.92 Å². The van der Waals surface area contributed by atoms with Crippen LogP contribution in [0.25, 0.3) is 10.9 Å². The Morgan fingerprint density at radius 3 is 2.75 bits per heavy atom. The summed E-state index contributed by atoms with van der Waals surface area (Å²) in [6, 6.07) is 8.76. The normalized spacial score (nSPS) is 11.8. The smallest absolute Gasteiger partial charge is 0.409 e. The van der Waals surface area contributed by atoms with E-state index in [1.165, 1.54) is 6.92 Å². The first-order valence-electron chi connectivity index (χ1n) is 5.70. The molecule has 20 heavy (non-hydrogen) atoms. The number of nitro groups is 1. The first-order chi connectivity index (χ1) is 9.50. The lowest BCUT2D eigenvalue weighted by Crippen LogP contribution is -2.16. The first-order valence-corrected chi connectivity index (χ1v) is 5.70. The van der Waals surface area contributed by atoms with Crippen molar-refractivity contribution in [2.24, 2.45) is 0 Å². The number of carboxylic acids is 1. The molecule has 2 N–H and O–H groups in total. The van der Waals surface area contributed by atoms with Crippen molar-refractivity contribution in [1.82, 2.24) is 4.98 Å². The van der Waals surface area contributed by atoms with Crippen LogP contribution in [0.3, 0.4) is 0 Å². The fraction of sp³-hybridized carbons (Fsp3) is 0.0769. The van der Waals surface area contributed by atoms with E-state index in [0.717, 1.165) is 5.39 Å². The van der Waals surface area contributed by atoms with Gasteiger partial charge in [-0.3, -0.25) is 15.1 Å². The van der Waals surface area contributed by atoms with Gasteiger partial charge in [0.2, 0.25) is 0 Å². The van der Waals surface area contributed by atoms with Gasteiger partial charge < -0.3 is 10.4 Å². The second kappa shape index (κ2) is 5.35. The lowest BCUT2D eigenvalue weighted by Gasteiger charge is -2.09. The summed E-state index contributed by atoms with van der Waals surface area (Å²) in [4.78, 5) is 24.9. The minimum Gasteiger partial charge on any atom is -0.473 e. The highest BCUT2D eigenvalue weighted by molar-refractivity contribution is 5.92. The van der Waals surface area contributed by atoms with Gasteiger partial charge in [-0.05, 0) is 31.2 Å². The van der Waals surface area contributed by atoms with Crippen LogP contribution in [0.5, 0.6) is 0 Å². The van der Waals surface area contributed by atoms with Gasteiger partial charge in [0.05, 0.1) is 16.1 Å². The third kappa shape index (κ3) is 2.56. The van der Waals surface area contributed by atoms with E-state index in [0.29, 0.717) is 11.2 Å². The Hall–Kier alpha value is -2.96.